The molecule has 4 aliphatic heterocycles. The summed E-state index contributed by atoms with van der Waals surface area (Å²) in [4.78, 5) is 22.7. The summed E-state index contributed by atoms with van der Waals surface area (Å²) < 4.78 is 38.1. The van der Waals surface area contributed by atoms with Crippen LogP contribution < -0.4 is 69.3 Å². The number of carboxylic acids is 2. The molecule has 25 N–H and O–H groups in total. The van der Waals surface area contributed by atoms with Crippen molar-refractivity contribution in [2.45, 2.75) is 48.8 Å². The summed E-state index contributed by atoms with van der Waals surface area (Å²) in [5.41, 5.74) is 0. The van der Waals surface area contributed by atoms with Gasteiger partial charge in [0, 0.05) is 0 Å². The molecule has 4 saturated heterocycles. The van der Waals surface area contributed by atoms with Crippen LogP contribution in [0, 0.1) is 0 Å². The van der Waals surface area contributed by atoms with Crippen molar-refractivity contribution in [2.24, 2.45) is 0 Å². The van der Waals surface area contributed by atoms with E-state index in [0.717, 1.165) is 0 Å². The third-order valence-corrected chi connectivity index (χ3v) is 21.8. The normalized spacial score (nSPS) is 32.0. The first-order chi connectivity index (χ1) is 13.6. The SMILES string of the molecule is O.O.O.O.O.O.O.O.O.O.O=C([O-])[C@@H]1[O][Sb]2([O][Sb]34[O][C@H]([C@H](O)CO)[C@H]([O]3)[C@H](C(=O)[O-])[O]4)[O][C@H]([C@H](O)CO)[C@@H]1[O]2.[Na+].[Na+].[OH-].[Sb+3]. The molecule has 0 aromatic carbocycles. The average molecular weight is 1010 g/mol. The molecule has 0 amide bonds. The van der Waals surface area contributed by atoms with E-state index in [4.69, 9.17) is 29.6 Å². The number of aliphatic hydroxyl groups is 4. The molecule has 4 fully saturated rings. The number of aliphatic hydroxyl groups excluding tert-OH is 4. The van der Waals surface area contributed by atoms with E-state index in [1.165, 1.54) is 0 Å². The van der Waals surface area contributed by atoms with Gasteiger partial charge in [0.15, 0.2) is 0 Å². The molecule has 256 valence electrons. The smallest absolute Gasteiger partial charge is 0.870 e. The Labute approximate surface area is 314 Å². The molecule has 0 aliphatic carbocycles. The largest absolute Gasteiger partial charge is 3.00 e. The van der Waals surface area contributed by atoms with Crippen LogP contribution in [0.1, 0.15) is 0 Å². The third kappa shape index (κ3) is 14.5. The van der Waals surface area contributed by atoms with Crippen LogP contribution in [0.5, 0.6) is 0 Å². The first-order valence-corrected chi connectivity index (χ1v) is 16.6. The number of fused-ring (bicyclic) bond motifs is 4. The minimum Gasteiger partial charge on any atom is -0.870 e. The van der Waals surface area contributed by atoms with Crippen molar-refractivity contribution in [2.75, 3.05) is 13.2 Å². The molecule has 26 nitrogen and oxygen atoms in total. The fourth-order valence-corrected chi connectivity index (χ4v) is 23.5. The molecule has 0 aromatic heterocycles. The van der Waals surface area contributed by atoms with Gasteiger partial charge in [-0.15, -0.1) is 0 Å². The summed E-state index contributed by atoms with van der Waals surface area (Å²) >= 11 is -10.4. The zero-order valence-corrected chi connectivity index (χ0v) is 33.8. The zero-order chi connectivity index (χ0) is 21.1. The van der Waals surface area contributed by atoms with Crippen LogP contribution in [0.3, 0.4) is 0 Å². The molecule has 0 aromatic rings. The van der Waals surface area contributed by atoms with Crippen LogP contribution >= 0.6 is 0 Å². The second-order valence-corrected chi connectivity index (χ2v) is 18.8. The second kappa shape index (κ2) is 29.4. The summed E-state index contributed by atoms with van der Waals surface area (Å²) in [6.07, 6.45) is -11.8. The van der Waals surface area contributed by atoms with Crippen molar-refractivity contribution in [3.63, 3.8) is 0 Å². The number of aliphatic carboxylic acids is 2. The molecule has 31 heteroatoms. The second-order valence-electron chi connectivity index (χ2n) is 6.45. The van der Waals surface area contributed by atoms with E-state index >= 15 is 0 Å². The summed E-state index contributed by atoms with van der Waals surface area (Å²) in [5.74, 6) is -3.36. The molecular weight excluding hydrogens is 971 g/mol. The van der Waals surface area contributed by atoms with Crippen molar-refractivity contribution in [3.05, 3.63) is 0 Å². The van der Waals surface area contributed by atoms with Gasteiger partial charge in [0.05, 0.1) is 0 Å². The number of carbonyl (C=O) groups is 2. The van der Waals surface area contributed by atoms with Gasteiger partial charge in [0.2, 0.25) is 0 Å². The Balaban J connectivity index is -0.0000000813. The van der Waals surface area contributed by atoms with Crippen molar-refractivity contribution < 1.29 is 179 Å². The quantitative estimate of drug-likeness (QED) is 0.164. The predicted molar refractivity (Wildman–Crippen MR) is 122 cm³/mol. The summed E-state index contributed by atoms with van der Waals surface area (Å²) in [6, 6.07) is 0. The Kier molecular flexibility index (Phi) is 51.8. The summed E-state index contributed by atoms with van der Waals surface area (Å²) in [6.45, 7) is -1.55. The Morgan fingerprint density at radius 3 is 1.09 bits per heavy atom. The van der Waals surface area contributed by atoms with E-state index < -0.39 is 115 Å². The Bertz CT molecular complexity index is 662. The topological polar surface area (TPSA) is 571 Å². The molecule has 4 rings (SSSR count). The molecule has 43 heavy (non-hydrogen) atoms. The van der Waals surface area contributed by atoms with Crippen LogP contribution in [0.4, 0.5) is 0 Å². The van der Waals surface area contributed by atoms with Crippen LogP contribution in [0.2, 0.25) is 0 Å². The average Bonchev–Trinajstić information content (AvgIpc) is 3.42. The van der Waals surface area contributed by atoms with Gasteiger partial charge < -0.3 is 60.2 Å². The van der Waals surface area contributed by atoms with Gasteiger partial charge in [-0.25, -0.2) is 0 Å². The van der Waals surface area contributed by atoms with E-state index in [-0.39, 0.29) is 144 Å². The van der Waals surface area contributed by atoms with Crippen molar-refractivity contribution in [3.8, 4) is 0 Å². The van der Waals surface area contributed by atoms with Crippen LogP contribution in [-0.2, 0) is 29.0 Å². The number of carbonyl (C=O) groups excluding carboxylic acids is 2. The molecule has 4 heterocycles. The van der Waals surface area contributed by atoms with Gasteiger partial charge in [0.1, 0.15) is 0 Å². The fraction of sp³-hybridized carbons (Fsp3) is 0.833. The Hall–Kier alpha value is 2.51. The molecule has 4 aliphatic rings. The maximum atomic E-state index is 11.3. The van der Waals surface area contributed by atoms with E-state index in [9.17, 15) is 30.0 Å². The van der Waals surface area contributed by atoms with Gasteiger partial charge >= 0.3 is 258 Å². The molecule has 4 radical (unpaired) electrons. The Morgan fingerprint density at radius 2 is 0.884 bits per heavy atom. The minimum atomic E-state index is -5.19. The number of hydrogen-bond acceptors (Lipinski definition) is 16. The number of carboxylic acid groups (broad SMARTS) is 2. The first kappa shape index (κ1) is 75.7. The predicted octanol–water partition coefficient (Wildman–Crippen LogP) is -22.4. The molecule has 2 unspecified atom stereocenters. The van der Waals surface area contributed by atoms with Crippen molar-refractivity contribution in [1.82, 2.24) is 0 Å². The van der Waals surface area contributed by atoms with Crippen molar-refractivity contribution >= 4 is 77.3 Å². The maximum Gasteiger partial charge on any atom is 3.00 e. The summed E-state index contributed by atoms with van der Waals surface area (Å²) in [7, 11) is 0. The Morgan fingerprint density at radius 1 is 0.628 bits per heavy atom. The van der Waals surface area contributed by atoms with Gasteiger partial charge in [-0.3, -0.25) is 0 Å². The van der Waals surface area contributed by atoms with Gasteiger partial charge in [-0.2, -0.15) is 0 Å². The van der Waals surface area contributed by atoms with E-state index in [1.807, 2.05) is 0 Å². The van der Waals surface area contributed by atoms with Gasteiger partial charge in [0.25, 0.3) is 0 Å². The number of rotatable bonds is 8. The third-order valence-electron chi connectivity index (χ3n) is 4.53. The van der Waals surface area contributed by atoms with Gasteiger partial charge in [-0.05, 0) is 0 Å². The fourth-order valence-electron chi connectivity index (χ4n) is 3.22. The standard InChI is InChI=1S/2C6H9O7.2Na.11H2O.O.3Sb/c2*7-1-2(8)3(9)4(10)5(11)6(12)13;;;;;;;;;;;;;;;;;/h2*2-5,7-8H,1H2,(H,12,13);;;11*1H2;;;;/q2*-3;2*+1;;;;;;;;;;;;;3*+3/p-3/t2*2-,3-,4+,5-;;;;;;;;;;;;;;;;;/m11................./s1. The van der Waals surface area contributed by atoms with Crippen LogP contribution in [0.15, 0.2) is 0 Å². The first-order valence-electron chi connectivity index (χ1n) is 8.23. The van der Waals surface area contributed by atoms with E-state index in [0.29, 0.717) is 0 Å². The van der Waals surface area contributed by atoms with Crippen LogP contribution in [0.25, 0.3) is 0 Å². The van der Waals surface area contributed by atoms with Crippen LogP contribution in [-0.4, -0.2) is 220 Å². The molecule has 0 saturated carbocycles. The van der Waals surface area contributed by atoms with E-state index in [2.05, 4.69) is 0 Å². The number of hydrogen-bond donors (Lipinski definition) is 4. The summed E-state index contributed by atoms with van der Waals surface area (Å²) in [5, 5.41) is 60.7. The zero-order valence-electron chi connectivity index (χ0n) is 22.1. The maximum absolute atomic E-state index is 11.3. The minimum absolute atomic E-state index is 0. The molecular formula is C12H37Na2O26Sb3+2. The van der Waals surface area contributed by atoms with Gasteiger partial charge in [-0.1, -0.05) is 0 Å². The molecule has 10 atom stereocenters. The molecule has 0 spiro atoms. The monoisotopic (exact) mass is 1010 g/mol. The molecule has 4 bridgehead atoms. The van der Waals surface area contributed by atoms with Crippen molar-refractivity contribution in [1.29, 1.82) is 0 Å². The van der Waals surface area contributed by atoms with E-state index in [1.54, 1.807) is 0 Å².